The molecule has 0 spiro atoms. The van der Waals surface area contributed by atoms with E-state index >= 15 is 0 Å². The molecule has 1 aromatic heterocycles. The highest BCUT2D eigenvalue weighted by Gasteiger charge is 2.30. The van der Waals surface area contributed by atoms with Gasteiger partial charge in [-0.3, -0.25) is 0 Å². The number of nitrogens with zero attached hydrogens (tertiary/aromatic N) is 2. The molecule has 0 saturated carbocycles. The number of hydrogen-bond acceptors (Lipinski definition) is 5. The fourth-order valence-electron chi connectivity index (χ4n) is 2.46. The van der Waals surface area contributed by atoms with E-state index in [1.165, 1.54) is 24.3 Å². The van der Waals surface area contributed by atoms with Crippen LogP contribution in [0.3, 0.4) is 0 Å². The number of rotatable bonds is 5. The average Bonchev–Trinajstić information content (AvgIpc) is 2.61. The summed E-state index contributed by atoms with van der Waals surface area (Å²) in [5.41, 5.74) is 0.231. The number of aromatic carboxylic acids is 1. The van der Waals surface area contributed by atoms with E-state index in [4.69, 9.17) is 5.11 Å². The molecule has 144 valence electrons. The number of aryl methyl sites for hydroxylation is 1. The first-order valence-electron chi connectivity index (χ1n) is 8.11. The third kappa shape index (κ3) is 4.76. The van der Waals surface area contributed by atoms with Crippen molar-refractivity contribution in [1.29, 1.82) is 0 Å². The third-order valence-electron chi connectivity index (χ3n) is 3.70. The Morgan fingerprint density at radius 1 is 0.929 bits per heavy atom. The van der Waals surface area contributed by atoms with Crippen LogP contribution in [0.4, 0.5) is 36.2 Å². The first-order valence-corrected chi connectivity index (χ1v) is 8.11. The monoisotopic (exact) mass is 388 g/mol. The van der Waals surface area contributed by atoms with E-state index in [1.54, 1.807) is 25.1 Å². The number of hydrogen-bond donors (Lipinski definition) is 3. The Kier molecular flexibility index (Phi) is 5.16. The van der Waals surface area contributed by atoms with E-state index in [2.05, 4.69) is 20.6 Å². The van der Waals surface area contributed by atoms with Gasteiger partial charge in [-0.1, -0.05) is 6.07 Å². The number of anilines is 4. The summed E-state index contributed by atoms with van der Waals surface area (Å²) in [5, 5.41) is 14.8. The van der Waals surface area contributed by atoms with Crippen molar-refractivity contribution in [2.24, 2.45) is 0 Å². The summed E-state index contributed by atoms with van der Waals surface area (Å²) in [6.45, 7) is 1.65. The second-order valence-electron chi connectivity index (χ2n) is 5.90. The van der Waals surface area contributed by atoms with Gasteiger partial charge in [0.2, 0.25) is 0 Å². The van der Waals surface area contributed by atoms with Gasteiger partial charge in [0, 0.05) is 17.4 Å². The van der Waals surface area contributed by atoms with Gasteiger partial charge in [-0.2, -0.15) is 13.2 Å². The summed E-state index contributed by atoms with van der Waals surface area (Å²) < 4.78 is 38.6. The maximum Gasteiger partial charge on any atom is 0.416 e. The van der Waals surface area contributed by atoms with Crippen molar-refractivity contribution >= 4 is 29.0 Å². The number of nitrogens with one attached hydrogen (secondary N) is 2. The zero-order valence-electron chi connectivity index (χ0n) is 14.6. The molecule has 0 bridgehead atoms. The first kappa shape index (κ1) is 19.2. The number of carbonyl (C=O) groups is 1. The average molecular weight is 388 g/mol. The first-order chi connectivity index (χ1) is 13.2. The number of benzene rings is 2. The fourth-order valence-corrected chi connectivity index (χ4v) is 2.46. The highest BCUT2D eigenvalue weighted by Crippen LogP contribution is 2.31. The summed E-state index contributed by atoms with van der Waals surface area (Å²) in [6.07, 6.45) is -4.44. The molecular weight excluding hydrogens is 373 g/mol. The number of aromatic nitrogens is 2. The van der Waals surface area contributed by atoms with Crippen LogP contribution in [0, 0.1) is 6.92 Å². The van der Waals surface area contributed by atoms with Crippen LogP contribution in [0.2, 0.25) is 0 Å². The summed E-state index contributed by atoms with van der Waals surface area (Å²) in [5.74, 6) is 0.0974. The maximum absolute atomic E-state index is 12.9. The molecule has 0 aliphatic rings. The van der Waals surface area contributed by atoms with E-state index in [9.17, 15) is 18.0 Å². The van der Waals surface area contributed by atoms with Crippen molar-refractivity contribution in [2.45, 2.75) is 13.1 Å². The van der Waals surface area contributed by atoms with Crippen LogP contribution in [0.15, 0.2) is 54.6 Å². The Labute approximate surface area is 158 Å². The second kappa shape index (κ2) is 7.55. The Bertz CT molecular complexity index is 1000. The van der Waals surface area contributed by atoms with Crippen LogP contribution in [0.5, 0.6) is 0 Å². The zero-order chi connectivity index (χ0) is 20.3. The van der Waals surface area contributed by atoms with Gasteiger partial charge < -0.3 is 15.7 Å². The third-order valence-corrected chi connectivity index (χ3v) is 3.70. The zero-order valence-corrected chi connectivity index (χ0v) is 14.6. The lowest BCUT2D eigenvalue weighted by atomic mass is 10.2. The summed E-state index contributed by atoms with van der Waals surface area (Å²) in [7, 11) is 0. The molecule has 6 nitrogen and oxygen atoms in total. The Hall–Kier alpha value is -3.62. The molecule has 0 radical (unpaired) electrons. The predicted octanol–water partition coefficient (Wildman–Crippen LogP) is 4.99. The molecule has 0 fully saturated rings. The molecule has 2 aromatic carbocycles. The molecule has 0 amide bonds. The van der Waals surface area contributed by atoms with Gasteiger partial charge >= 0.3 is 12.1 Å². The molecule has 3 N–H and O–H groups in total. The molecular formula is C19H15F3N4O2. The lowest BCUT2D eigenvalue weighted by molar-refractivity contribution is -0.137. The van der Waals surface area contributed by atoms with Crippen LogP contribution < -0.4 is 10.6 Å². The SMILES string of the molecule is Cc1nc(Nc2ccc(C(=O)O)cc2)cc(Nc2cccc(C(F)(F)F)c2)n1. The van der Waals surface area contributed by atoms with Gasteiger partial charge in [-0.05, 0) is 49.4 Å². The number of carboxylic acids is 1. The Morgan fingerprint density at radius 2 is 1.54 bits per heavy atom. The normalized spacial score (nSPS) is 11.1. The Balaban J connectivity index is 1.81. The molecule has 0 unspecified atom stereocenters. The minimum Gasteiger partial charge on any atom is -0.478 e. The number of alkyl halides is 3. The van der Waals surface area contributed by atoms with Crippen molar-refractivity contribution in [2.75, 3.05) is 10.6 Å². The number of carboxylic acid groups (broad SMARTS) is 1. The molecule has 0 aliphatic carbocycles. The van der Waals surface area contributed by atoms with E-state index in [1.807, 2.05) is 0 Å². The largest absolute Gasteiger partial charge is 0.478 e. The van der Waals surface area contributed by atoms with Crippen molar-refractivity contribution in [3.05, 3.63) is 71.5 Å². The molecule has 28 heavy (non-hydrogen) atoms. The van der Waals surface area contributed by atoms with Crippen LogP contribution in [-0.4, -0.2) is 21.0 Å². The van der Waals surface area contributed by atoms with Crippen LogP contribution >= 0.6 is 0 Å². The van der Waals surface area contributed by atoms with Gasteiger partial charge in [0.05, 0.1) is 11.1 Å². The minimum atomic E-state index is -4.44. The quantitative estimate of drug-likeness (QED) is 0.571. The van der Waals surface area contributed by atoms with Crippen LogP contribution in [-0.2, 0) is 6.18 Å². The standard InChI is InChI=1S/C19H15F3N4O2/c1-11-23-16(25-14-7-5-12(6-8-14)18(27)28)10-17(24-11)26-15-4-2-3-13(9-15)19(20,21)22/h2-10H,1H3,(H,27,28)(H2,23,24,25,26). The number of halogens is 3. The molecule has 0 saturated heterocycles. The minimum absolute atomic E-state index is 0.149. The van der Waals surface area contributed by atoms with Crippen molar-refractivity contribution in [3.8, 4) is 0 Å². The molecule has 1 heterocycles. The van der Waals surface area contributed by atoms with Gasteiger partial charge in [-0.15, -0.1) is 0 Å². The highest BCUT2D eigenvalue weighted by atomic mass is 19.4. The molecule has 3 rings (SSSR count). The Morgan fingerprint density at radius 3 is 2.11 bits per heavy atom. The van der Waals surface area contributed by atoms with E-state index < -0.39 is 17.7 Å². The second-order valence-corrected chi connectivity index (χ2v) is 5.90. The van der Waals surface area contributed by atoms with E-state index in [0.717, 1.165) is 12.1 Å². The summed E-state index contributed by atoms with van der Waals surface area (Å²) in [6, 6.07) is 12.4. The van der Waals surface area contributed by atoms with Crippen molar-refractivity contribution < 1.29 is 23.1 Å². The van der Waals surface area contributed by atoms with E-state index in [0.29, 0.717) is 23.1 Å². The lowest BCUT2D eigenvalue weighted by Crippen LogP contribution is -2.06. The van der Waals surface area contributed by atoms with Crippen LogP contribution in [0.1, 0.15) is 21.7 Å². The lowest BCUT2D eigenvalue weighted by Gasteiger charge is -2.12. The predicted molar refractivity (Wildman–Crippen MR) is 98.2 cm³/mol. The summed E-state index contributed by atoms with van der Waals surface area (Å²) in [4.78, 5) is 19.3. The van der Waals surface area contributed by atoms with Crippen molar-refractivity contribution in [1.82, 2.24) is 9.97 Å². The molecule has 9 heteroatoms. The van der Waals surface area contributed by atoms with Gasteiger partial charge in [0.15, 0.2) is 0 Å². The smallest absolute Gasteiger partial charge is 0.416 e. The van der Waals surface area contributed by atoms with Crippen LogP contribution in [0.25, 0.3) is 0 Å². The van der Waals surface area contributed by atoms with Gasteiger partial charge in [0.1, 0.15) is 17.5 Å². The van der Waals surface area contributed by atoms with E-state index in [-0.39, 0.29) is 11.3 Å². The van der Waals surface area contributed by atoms with Gasteiger partial charge in [-0.25, -0.2) is 14.8 Å². The highest BCUT2D eigenvalue weighted by molar-refractivity contribution is 5.88. The van der Waals surface area contributed by atoms with Gasteiger partial charge in [0.25, 0.3) is 0 Å². The molecule has 0 aliphatic heterocycles. The topological polar surface area (TPSA) is 87.1 Å². The van der Waals surface area contributed by atoms with Crippen molar-refractivity contribution in [3.63, 3.8) is 0 Å². The summed E-state index contributed by atoms with van der Waals surface area (Å²) >= 11 is 0. The molecule has 0 atom stereocenters. The fraction of sp³-hybridized carbons (Fsp3) is 0.105. The maximum atomic E-state index is 12.9. The molecule has 3 aromatic rings.